The molecule has 0 radical (unpaired) electrons. The van der Waals surface area contributed by atoms with Gasteiger partial charge in [-0.25, -0.2) is 4.79 Å². The number of aliphatic carboxylic acids is 1. The van der Waals surface area contributed by atoms with Crippen molar-refractivity contribution >= 4 is 11.8 Å². The molecule has 0 atom stereocenters. The maximum atomic E-state index is 10.9. The number of hydrogen-bond donors (Lipinski definition) is 2. The standard InChI is InChI=1S/C9H14O4/c10-7-3-1-2-4-8(11)5-6-9(12)13/h5-6,10H,1-4,7H2,(H,12,13)/b6-5-. The lowest BCUT2D eigenvalue weighted by Gasteiger charge is -1.94. The van der Waals surface area contributed by atoms with Crippen LogP contribution in [0.15, 0.2) is 12.2 Å². The van der Waals surface area contributed by atoms with Gasteiger partial charge in [-0.15, -0.1) is 0 Å². The van der Waals surface area contributed by atoms with Crippen molar-refractivity contribution in [3.63, 3.8) is 0 Å². The first-order chi connectivity index (χ1) is 6.16. The van der Waals surface area contributed by atoms with Crippen LogP contribution < -0.4 is 0 Å². The molecule has 0 unspecified atom stereocenters. The van der Waals surface area contributed by atoms with Gasteiger partial charge in [0.15, 0.2) is 5.78 Å². The first kappa shape index (κ1) is 11.8. The number of hydrogen-bond acceptors (Lipinski definition) is 3. The van der Waals surface area contributed by atoms with Crippen LogP contribution >= 0.6 is 0 Å². The summed E-state index contributed by atoms with van der Waals surface area (Å²) in [4.78, 5) is 20.9. The molecule has 0 bridgehead atoms. The van der Waals surface area contributed by atoms with Crippen LogP contribution in [0.5, 0.6) is 0 Å². The second-order valence-electron chi connectivity index (χ2n) is 2.67. The number of carbonyl (C=O) groups is 2. The van der Waals surface area contributed by atoms with Crippen molar-refractivity contribution in [3.05, 3.63) is 12.2 Å². The summed E-state index contributed by atoms with van der Waals surface area (Å²) in [5.74, 6) is -1.29. The van der Waals surface area contributed by atoms with E-state index in [1.54, 1.807) is 0 Å². The summed E-state index contributed by atoms with van der Waals surface area (Å²) in [5.41, 5.74) is 0. The zero-order valence-electron chi connectivity index (χ0n) is 7.40. The van der Waals surface area contributed by atoms with Crippen LogP contribution in [-0.4, -0.2) is 28.6 Å². The molecular formula is C9H14O4. The average molecular weight is 186 g/mol. The summed E-state index contributed by atoms with van der Waals surface area (Å²) in [6.45, 7) is 0.138. The number of carbonyl (C=O) groups excluding carboxylic acids is 1. The Morgan fingerprint density at radius 2 is 1.77 bits per heavy atom. The van der Waals surface area contributed by atoms with Gasteiger partial charge in [0.2, 0.25) is 0 Å². The lowest BCUT2D eigenvalue weighted by molar-refractivity contribution is -0.131. The van der Waals surface area contributed by atoms with Crippen molar-refractivity contribution in [3.8, 4) is 0 Å². The van der Waals surface area contributed by atoms with Crippen LogP contribution in [0.2, 0.25) is 0 Å². The van der Waals surface area contributed by atoms with Gasteiger partial charge in [0, 0.05) is 19.1 Å². The number of aliphatic hydroxyl groups is 1. The maximum Gasteiger partial charge on any atom is 0.328 e. The number of carboxylic acid groups (broad SMARTS) is 1. The van der Waals surface area contributed by atoms with E-state index in [2.05, 4.69) is 0 Å². The number of allylic oxidation sites excluding steroid dienone is 1. The lowest BCUT2D eigenvalue weighted by atomic mass is 10.1. The van der Waals surface area contributed by atoms with Gasteiger partial charge in [0.1, 0.15) is 0 Å². The van der Waals surface area contributed by atoms with Gasteiger partial charge in [-0.05, 0) is 18.9 Å². The topological polar surface area (TPSA) is 74.6 Å². The van der Waals surface area contributed by atoms with Gasteiger partial charge in [0.25, 0.3) is 0 Å². The fourth-order valence-electron chi connectivity index (χ4n) is 0.835. The van der Waals surface area contributed by atoms with E-state index in [4.69, 9.17) is 10.2 Å². The molecule has 0 saturated heterocycles. The number of ketones is 1. The van der Waals surface area contributed by atoms with E-state index in [-0.39, 0.29) is 12.4 Å². The molecular weight excluding hydrogens is 172 g/mol. The molecule has 0 amide bonds. The van der Waals surface area contributed by atoms with Crippen LogP contribution in [0.25, 0.3) is 0 Å². The van der Waals surface area contributed by atoms with Crippen LogP contribution in [-0.2, 0) is 9.59 Å². The molecule has 0 aromatic rings. The molecule has 0 fully saturated rings. The van der Waals surface area contributed by atoms with Crippen molar-refractivity contribution in [1.29, 1.82) is 0 Å². The molecule has 0 spiro atoms. The Bertz CT molecular complexity index is 196. The smallest absolute Gasteiger partial charge is 0.328 e. The van der Waals surface area contributed by atoms with Gasteiger partial charge in [-0.2, -0.15) is 0 Å². The Hall–Kier alpha value is -1.16. The van der Waals surface area contributed by atoms with Crippen molar-refractivity contribution in [1.82, 2.24) is 0 Å². The molecule has 13 heavy (non-hydrogen) atoms. The molecule has 2 N–H and O–H groups in total. The van der Waals surface area contributed by atoms with Crippen LogP contribution in [0.1, 0.15) is 25.7 Å². The van der Waals surface area contributed by atoms with Crippen molar-refractivity contribution in [2.75, 3.05) is 6.61 Å². The van der Waals surface area contributed by atoms with E-state index >= 15 is 0 Å². The Morgan fingerprint density at radius 1 is 1.08 bits per heavy atom. The highest BCUT2D eigenvalue weighted by Gasteiger charge is 1.97. The summed E-state index contributed by atoms with van der Waals surface area (Å²) in [6, 6.07) is 0. The second-order valence-corrected chi connectivity index (χ2v) is 2.67. The molecule has 4 heteroatoms. The molecule has 0 aliphatic carbocycles. The van der Waals surface area contributed by atoms with Gasteiger partial charge in [-0.3, -0.25) is 4.79 Å². The molecule has 74 valence electrons. The first-order valence-electron chi connectivity index (χ1n) is 4.21. The molecule has 4 nitrogen and oxygen atoms in total. The molecule has 0 aliphatic rings. The third-order valence-corrected chi connectivity index (χ3v) is 1.49. The Kier molecular flexibility index (Phi) is 6.82. The van der Waals surface area contributed by atoms with E-state index in [9.17, 15) is 9.59 Å². The SMILES string of the molecule is O=C(O)/C=C\C(=O)CCCCCO. The minimum absolute atomic E-state index is 0.138. The quantitative estimate of drug-likeness (QED) is 0.454. The molecule has 0 aromatic heterocycles. The van der Waals surface area contributed by atoms with E-state index in [1.165, 1.54) is 0 Å². The summed E-state index contributed by atoms with van der Waals surface area (Å²) >= 11 is 0. The number of aliphatic hydroxyl groups excluding tert-OH is 1. The van der Waals surface area contributed by atoms with Crippen LogP contribution in [0.4, 0.5) is 0 Å². The number of unbranched alkanes of at least 4 members (excludes halogenated alkanes) is 2. The molecule has 0 rings (SSSR count). The summed E-state index contributed by atoms with van der Waals surface area (Å²) in [7, 11) is 0. The predicted octanol–water partition coefficient (Wildman–Crippen LogP) is 0.749. The number of rotatable bonds is 7. The molecule has 0 aromatic carbocycles. The summed E-state index contributed by atoms with van der Waals surface area (Å²) in [6.07, 6.45) is 4.45. The zero-order chi connectivity index (χ0) is 10.1. The average Bonchev–Trinajstić information content (AvgIpc) is 2.09. The van der Waals surface area contributed by atoms with Crippen LogP contribution in [0, 0.1) is 0 Å². The highest BCUT2D eigenvalue weighted by molar-refractivity contribution is 5.95. The highest BCUT2D eigenvalue weighted by atomic mass is 16.4. The van der Waals surface area contributed by atoms with Gasteiger partial charge < -0.3 is 10.2 Å². The molecule has 0 aliphatic heterocycles. The van der Waals surface area contributed by atoms with E-state index in [1.807, 2.05) is 0 Å². The van der Waals surface area contributed by atoms with Crippen molar-refractivity contribution in [2.45, 2.75) is 25.7 Å². The predicted molar refractivity (Wildman–Crippen MR) is 47.3 cm³/mol. The lowest BCUT2D eigenvalue weighted by Crippen LogP contribution is -1.95. The van der Waals surface area contributed by atoms with Crippen LogP contribution in [0.3, 0.4) is 0 Å². The van der Waals surface area contributed by atoms with Gasteiger partial charge in [-0.1, -0.05) is 6.42 Å². The Balaban J connectivity index is 3.46. The van der Waals surface area contributed by atoms with E-state index in [0.29, 0.717) is 19.3 Å². The summed E-state index contributed by atoms with van der Waals surface area (Å²) < 4.78 is 0. The monoisotopic (exact) mass is 186 g/mol. The van der Waals surface area contributed by atoms with Crippen molar-refractivity contribution in [2.24, 2.45) is 0 Å². The second kappa shape index (κ2) is 7.49. The maximum absolute atomic E-state index is 10.9. The van der Waals surface area contributed by atoms with Crippen molar-refractivity contribution < 1.29 is 19.8 Å². The van der Waals surface area contributed by atoms with Gasteiger partial charge >= 0.3 is 5.97 Å². The largest absolute Gasteiger partial charge is 0.478 e. The minimum atomic E-state index is -1.11. The Labute approximate surface area is 76.9 Å². The Morgan fingerprint density at radius 3 is 2.31 bits per heavy atom. The fourth-order valence-corrected chi connectivity index (χ4v) is 0.835. The first-order valence-corrected chi connectivity index (χ1v) is 4.21. The van der Waals surface area contributed by atoms with E-state index in [0.717, 1.165) is 18.6 Å². The fraction of sp³-hybridized carbons (Fsp3) is 0.556. The zero-order valence-corrected chi connectivity index (χ0v) is 7.40. The minimum Gasteiger partial charge on any atom is -0.478 e. The van der Waals surface area contributed by atoms with Gasteiger partial charge in [0.05, 0.1) is 0 Å². The highest BCUT2D eigenvalue weighted by Crippen LogP contribution is 2.00. The van der Waals surface area contributed by atoms with E-state index < -0.39 is 5.97 Å². The third kappa shape index (κ3) is 8.75. The normalized spacial score (nSPS) is 10.5. The number of carboxylic acids is 1. The summed E-state index contributed by atoms with van der Waals surface area (Å²) in [5, 5.41) is 16.6. The third-order valence-electron chi connectivity index (χ3n) is 1.49. The molecule has 0 saturated carbocycles. The molecule has 0 heterocycles.